The summed E-state index contributed by atoms with van der Waals surface area (Å²) in [4.78, 5) is 17.2. The molecule has 4 nitrogen and oxygen atoms in total. The lowest BCUT2D eigenvalue weighted by Crippen LogP contribution is -2.34. The Bertz CT molecular complexity index is 448. The minimum absolute atomic E-state index is 0.0298. The first-order valence-corrected chi connectivity index (χ1v) is 5.58. The summed E-state index contributed by atoms with van der Waals surface area (Å²) in [5.41, 5.74) is 1.20. The zero-order chi connectivity index (χ0) is 12.6. The first kappa shape index (κ1) is 11.8. The summed E-state index contributed by atoms with van der Waals surface area (Å²) in [7, 11) is 0. The third-order valence-electron chi connectivity index (χ3n) is 2.88. The van der Waals surface area contributed by atoms with E-state index in [1.807, 2.05) is 13.8 Å². The van der Waals surface area contributed by atoms with Gasteiger partial charge in [0, 0.05) is 6.04 Å². The summed E-state index contributed by atoms with van der Waals surface area (Å²) in [5.74, 6) is -0.338. The first-order valence-electron chi connectivity index (χ1n) is 5.58. The van der Waals surface area contributed by atoms with Crippen molar-refractivity contribution in [3.8, 4) is 0 Å². The molecular weight excluding hydrogens is 223 g/mol. The van der Waals surface area contributed by atoms with Crippen LogP contribution in [0.5, 0.6) is 0 Å². The molecule has 5 heteroatoms. The fourth-order valence-corrected chi connectivity index (χ4v) is 1.97. The summed E-state index contributed by atoms with van der Waals surface area (Å²) in [6, 6.07) is 1.47. The van der Waals surface area contributed by atoms with E-state index >= 15 is 0 Å². The summed E-state index contributed by atoms with van der Waals surface area (Å²) >= 11 is 0. The Hall–Kier alpha value is -1.65. The average Bonchev–Trinajstić information content (AvgIpc) is 2.64. The number of carbonyl (C=O) groups excluding carboxylic acids is 1. The van der Waals surface area contributed by atoms with Crippen LogP contribution >= 0.6 is 0 Å². The minimum Gasteiger partial charge on any atom is -0.447 e. The van der Waals surface area contributed by atoms with Crippen LogP contribution in [0.25, 0.3) is 0 Å². The second kappa shape index (κ2) is 4.31. The van der Waals surface area contributed by atoms with Crippen molar-refractivity contribution < 1.29 is 13.9 Å². The Morgan fingerprint density at radius 2 is 2.29 bits per heavy atom. The standard InChI is InChI=1S/C12H15FN2O2/c1-7(2)15-11(6-17-12(15)16)10-4-8(3)9(13)5-14-10/h4-5,7,11H,6H2,1-3H3. The van der Waals surface area contributed by atoms with Gasteiger partial charge in [0.05, 0.1) is 11.9 Å². The lowest BCUT2D eigenvalue weighted by atomic mass is 10.1. The number of rotatable bonds is 2. The van der Waals surface area contributed by atoms with E-state index in [0.717, 1.165) is 0 Å². The molecule has 1 aliphatic heterocycles. The Kier molecular flexibility index (Phi) is 3.00. The monoisotopic (exact) mass is 238 g/mol. The van der Waals surface area contributed by atoms with Gasteiger partial charge in [0.1, 0.15) is 18.5 Å². The van der Waals surface area contributed by atoms with Crippen molar-refractivity contribution in [2.45, 2.75) is 32.9 Å². The number of hydrogen-bond acceptors (Lipinski definition) is 3. The number of aromatic nitrogens is 1. The lowest BCUT2D eigenvalue weighted by Gasteiger charge is -2.24. The summed E-state index contributed by atoms with van der Waals surface area (Å²) in [6.45, 7) is 5.78. The highest BCUT2D eigenvalue weighted by molar-refractivity contribution is 5.70. The Morgan fingerprint density at radius 3 is 2.88 bits per heavy atom. The highest BCUT2D eigenvalue weighted by atomic mass is 19.1. The number of carbonyl (C=O) groups is 1. The number of pyridine rings is 1. The number of halogens is 1. The Labute approximate surface area is 99.4 Å². The molecule has 0 N–H and O–H groups in total. The van der Waals surface area contributed by atoms with E-state index in [0.29, 0.717) is 11.3 Å². The number of ether oxygens (including phenoxy) is 1. The predicted octanol–water partition coefficient (Wildman–Crippen LogP) is 2.43. The van der Waals surface area contributed by atoms with Gasteiger partial charge >= 0.3 is 6.09 Å². The van der Waals surface area contributed by atoms with Crippen molar-refractivity contribution in [2.75, 3.05) is 6.61 Å². The van der Waals surface area contributed by atoms with Crippen molar-refractivity contribution >= 4 is 6.09 Å². The number of nitrogens with zero attached hydrogens (tertiary/aromatic N) is 2. The molecule has 1 saturated heterocycles. The van der Waals surface area contributed by atoms with Crippen molar-refractivity contribution in [3.05, 3.63) is 29.3 Å². The second-order valence-corrected chi connectivity index (χ2v) is 4.45. The van der Waals surface area contributed by atoms with Gasteiger partial charge in [-0.15, -0.1) is 0 Å². The van der Waals surface area contributed by atoms with Gasteiger partial charge in [0.25, 0.3) is 0 Å². The van der Waals surface area contributed by atoms with E-state index in [4.69, 9.17) is 4.74 Å². The highest BCUT2D eigenvalue weighted by Crippen LogP contribution is 2.28. The normalized spacial score (nSPS) is 19.9. The highest BCUT2D eigenvalue weighted by Gasteiger charge is 2.36. The first-order chi connectivity index (χ1) is 8.00. The zero-order valence-electron chi connectivity index (χ0n) is 10.1. The molecule has 1 amide bonds. The molecule has 17 heavy (non-hydrogen) atoms. The maximum absolute atomic E-state index is 13.1. The lowest BCUT2D eigenvalue weighted by molar-refractivity contribution is 0.149. The van der Waals surface area contributed by atoms with Gasteiger partial charge in [-0.1, -0.05) is 0 Å². The topological polar surface area (TPSA) is 42.4 Å². The quantitative estimate of drug-likeness (QED) is 0.794. The second-order valence-electron chi connectivity index (χ2n) is 4.45. The summed E-state index contributed by atoms with van der Waals surface area (Å²) in [5, 5.41) is 0. The van der Waals surface area contributed by atoms with Crippen LogP contribution in [0.2, 0.25) is 0 Å². The van der Waals surface area contributed by atoms with Gasteiger partial charge in [-0.25, -0.2) is 9.18 Å². The molecular formula is C12H15FN2O2. The van der Waals surface area contributed by atoms with Crippen LogP contribution in [0.4, 0.5) is 9.18 Å². The summed E-state index contributed by atoms with van der Waals surface area (Å²) < 4.78 is 18.2. The van der Waals surface area contributed by atoms with E-state index in [2.05, 4.69) is 4.98 Å². The van der Waals surface area contributed by atoms with Crippen LogP contribution < -0.4 is 0 Å². The number of amides is 1. The molecule has 1 aromatic rings. The largest absolute Gasteiger partial charge is 0.447 e. The molecule has 1 fully saturated rings. The number of hydrogen-bond donors (Lipinski definition) is 0. The van der Waals surface area contributed by atoms with Crippen molar-refractivity contribution in [2.24, 2.45) is 0 Å². The van der Waals surface area contributed by atoms with Crippen molar-refractivity contribution in [3.63, 3.8) is 0 Å². The molecule has 0 aromatic carbocycles. The molecule has 0 spiro atoms. The number of cyclic esters (lactones) is 1. The molecule has 0 bridgehead atoms. The maximum atomic E-state index is 13.1. The third kappa shape index (κ3) is 2.09. The molecule has 1 aliphatic rings. The van der Waals surface area contributed by atoms with Gasteiger partial charge in [-0.2, -0.15) is 0 Å². The van der Waals surface area contributed by atoms with Gasteiger partial charge in [0.2, 0.25) is 0 Å². The molecule has 0 aliphatic carbocycles. The summed E-state index contributed by atoms with van der Waals surface area (Å²) in [6.07, 6.45) is 0.847. The SMILES string of the molecule is Cc1cc(C2COC(=O)N2C(C)C)ncc1F. The van der Waals surface area contributed by atoms with Crippen LogP contribution in [-0.2, 0) is 4.74 Å². The van der Waals surface area contributed by atoms with Crippen molar-refractivity contribution in [1.82, 2.24) is 9.88 Å². The maximum Gasteiger partial charge on any atom is 0.410 e. The van der Waals surface area contributed by atoms with Crippen LogP contribution in [0.1, 0.15) is 31.1 Å². The average molecular weight is 238 g/mol. The molecule has 2 rings (SSSR count). The zero-order valence-corrected chi connectivity index (χ0v) is 10.1. The van der Waals surface area contributed by atoms with Gasteiger partial charge in [-0.3, -0.25) is 9.88 Å². The van der Waals surface area contributed by atoms with Gasteiger partial charge < -0.3 is 4.74 Å². The molecule has 2 heterocycles. The van der Waals surface area contributed by atoms with Gasteiger partial charge in [-0.05, 0) is 32.4 Å². The van der Waals surface area contributed by atoms with E-state index in [9.17, 15) is 9.18 Å². The van der Waals surface area contributed by atoms with E-state index in [1.54, 1.807) is 17.9 Å². The van der Waals surface area contributed by atoms with E-state index in [-0.39, 0.29) is 30.6 Å². The smallest absolute Gasteiger partial charge is 0.410 e. The van der Waals surface area contributed by atoms with Gasteiger partial charge in [0.15, 0.2) is 0 Å². The van der Waals surface area contributed by atoms with Crippen molar-refractivity contribution in [1.29, 1.82) is 0 Å². The fraction of sp³-hybridized carbons (Fsp3) is 0.500. The molecule has 0 saturated carbocycles. The Morgan fingerprint density at radius 1 is 1.59 bits per heavy atom. The Balaban J connectivity index is 2.33. The fourth-order valence-electron chi connectivity index (χ4n) is 1.97. The molecule has 92 valence electrons. The molecule has 1 unspecified atom stereocenters. The van der Waals surface area contributed by atoms with Crippen LogP contribution in [0.15, 0.2) is 12.3 Å². The van der Waals surface area contributed by atoms with E-state index < -0.39 is 0 Å². The molecule has 0 radical (unpaired) electrons. The predicted molar refractivity (Wildman–Crippen MR) is 60.0 cm³/mol. The van der Waals surface area contributed by atoms with Crippen LogP contribution in [0.3, 0.4) is 0 Å². The minimum atomic E-state index is -0.339. The van der Waals surface area contributed by atoms with Crippen LogP contribution in [-0.4, -0.2) is 28.6 Å². The number of aryl methyl sites for hydroxylation is 1. The van der Waals surface area contributed by atoms with Crippen LogP contribution in [0, 0.1) is 12.7 Å². The molecule has 1 atom stereocenters. The van der Waals surface area contributed by atoms with E-state index in [1.165, 1.54) is 6.20 Å². The third-order valence-corrected chi connectivity index (χ3v) is 2.88. The molecule has 1 aromatic heterocycles.